The molecular weight excluding hydrogens is 493 g/mol. The largest absolute Gasteiger partial charge is 0.382 e. The van der Waals surface area contributed by atoms with E-state index < -0.39 is 0 Å². The van der Waals surface area contributed by atoms with Crippen molar-refractivity contribution in [1.82, 2.24) is 13.9 Å². The maximum absolute atomic E-state index is 6.08. The lowest BCUT2D eigenvalue weighted by Gasteiger charge is -2.28. The topological polar surface area (TPSA) is 68.8 Å². The van der Waals surface area contributed by atoms with Crippen LogP contribution in [-0.4, -0.2) is 26.0 Å². The molecule has 148 valence electrons. The van der Waals surface area contributed by atoms with Gasteiger partial charge in [-0.15, -0.1) is 0 Å². The highest BCUT2D eigenvalue weighted by atomic mass is 127. The summed E-state index contributed by atoms with van der Waals surface area (Å²) in [5.41, 5.74) is 11.6. The normalized spacial score (nSPS) is 19.7. The van der Waals surface area contributed by atoms with Gasteiger partial charge in [-0.1, -0.05) is 6.07 Å². The molecule has 0 spiro atoms. The van der Waals surface area contributed by atoms with Crippen molar-refractivity contribution in [3.63, 3.8) is 0 Å². The number of halogens is 1. The van der Waals surface area contributed by atoms with Gasteiger partial charge in [-0.25, -0.2) is 4.98 Å². The van der Waals surface area contributed by atoms with E-state index >= 15 is 0 Å². The van der Waals surface area contributed by atoms with Crippen LogP contribution >= 0.6 is 30.3 Å². The molecule has 3 heterocycles. The van der Waals surface area contributed by atoms with Crippen molar-refractivity contribution >= 4 is 57.9 Å². The lowest BCUT2D eigenvalue weighted by Crippen LogP contribution is -2.32. The fraction of sp³-hybridized carbons (Fsp3) is 0.273. The number of nitrogens with one attached hydrogen (secondary N) is 1. The third-order valence-corrected chi connectivity index (χ3v) is 7.49. The highest BCUT2D eigenvalue weighted by Crippen LogP contribution is 2.36. The summed E-state index contributed by atoms with van der Waals surface area (Å²) in [6, 6.07) is 13.6. The zero-order valence-electron chi connectivity index (χ0n) is 15.9. The summed E-state index contributed by atoms with van der Waals surface area (Å²) in [5.74, 6) is 0. The van der Waals surface area contributed by atoms with E-state index in [1.165, 1.54) is 11.1 Å². The predicted molar refractivity (Wildman–Crippen MR) is 131 cm³/mol. The molecule has 1 aliphatic rings. The molecule has 1 saturated carbocycles. The molecule has 0 radical (unpaired) electrons. The Hall–Kier alpha value is -1.84. The fourth-order valence-electron chi connectivity index (χ4n) is 4.24. The highest BCUT2D eigenvalue weighted by Gasteiger charge is 2.19. The van der Waals surface area contributed by atoms with Crippen molar-refractivity contribution in [3.8, 4) is 11.1 Å². The van der Waals surface area contributed by atoms with E-state index in [0.717, 1.165) is 53.3 Å². The lowest BCUT2D eigenvalue weighted by atomic mass is 9.91. The summed E-state index contributed by atoms with van der Waals surface area (Å²) in [5, 5.41) is 6.08. The minimum absolute atomic E-state index is 0.357. The van der Waals surface area contributed by atoms with E-state index in [1.807, 2.05) is 18.5 Å². The first-order valence-electron chi connectivity index (χ1n) is 9.89. The molecule has 5 rings (SSSR count). The van der Waals surface area contributed by atoms with Crippen LogP contribution in [-0.2, 0) is 0 Å². The first kappa shape index (κ1) is 19.1. The molecule has 0 amide bonds. The number of nitrogens with two attached hydrogens (primary N) is 1. The average Bonchev–Trinajstić information content (AvgIpc) is 3.14. The van der Waals surface area contributed by atoms with Crippen molar-refractivity contribution < 1.29 is 0 Å². The van der Waals surface area contributed by atoms with Crippen molar-refractivity contribution in [1.29, 1.82) is 0 Å². The molecule has 0 saturated heterocycles. The zero-order chi connectivity index (χ0) is 19.8. The van der Waals surface area contributed by atoms with Gasteiger partial charge in [0.25, 0.3) is 0 Å². The number of fused-ring (bicyclic) bond motifs is 2. The molecule has 0 atom stereocenters. The second kappa shape index (κ2) is 8.12. The smallest absolute Gasteiger partial charge is 0.151 e. The third kappa shape index (κ3) is 3.71. The molecular formula is C22H22IN5S. The third-order valence-electron chi connectivity index (χ3n) is 5.79. The van der Waals surface area contributed by atoms with Gasteiger partial charge in [0.05, 0.1) is 5.52 Å². The van der Waals surface area contributed by atoms with Crippen LogP contribution in [0.15, 0.2) is 55.0 Å². The zero-order valence-corrected chi connectivity index (χ0v) is 18.9. The van der Waals surface area contributed by atoms with Gasteiger partial charge < -0.3 is 11.1 Å². The number of rotatable bonds is 4. The van der Waals surface area contributed by atoms with Gasteiger partial charge in [0.2, 0.25) is 0 Å². The van der Waals surface area contributed by atoms with Crippen LogP contribution in [0.1, 0.15) is 25.7 Å². The molecule has 5 nitrogen and oxygen atoms in total. The summed E-state index contributed by atoms with van der Waals surface area (Å²) in [7, 11) is 1.63. The van der Waals surface area contributed by atoms with Crippen molar-refractivity contribution in [2.45, 2.75) is 37.8 Å². The molecule has 1 fully saturated rings. The number of hydrogen-bond donors (Lipinski definition) is 2. The highest BCUT2D eigenvalue weighted by molar-refractivity contribution is 14.2. The first-order valence-corrected chi connectivity index (χ1v) is 13.2. The lowest BCUT2D eigenvalue weighted by molar-refractivity contribution is 0.411. The standard InChI is InChI=1S/C22H22IN5S/c23-29-28-13-19(17-2-1-10-26-22(17)28)14-3-8-20-18(12-14)21(9-11-25-20)27-16-6-4-15(24)5-7-16/h1-3,8-13,15-16H,4-7,24H2,(H,25,27). The number of aromatic nitrogens is 3. The van der Waals surface area contributed by atoms with Gasteiger partial charge in [0, 0.05) is 83.0 Å². The quantitative estimate of drug-likeness (QED) is 0.338. The van der Waals surface area contributed by atoms with Gasteiger partial charge in [0.15, 0.2) is 5.65 Å². The van der Waals surface area contributed by atoms with Gasteiger partial charge in [-0.3, -0.25) is 8.96 Å². The summed E-state index contributed by atoms with van der Waals surface area (Å²) in [4.78, 5) is 9.15. The summed E-state index contributed by atoms with van der Waals surface area (Å²) in [6.07, 6.45) is 10.3. The SMILES string of the molecule is NC1CCC(Nc2ccnc3ccc(-c4cn(SI)c5ncccc45)cc23)CC1. The predicted octanol–water partition coefficient (Wildman–Crippen LogP) is 5.78. The molecule has 3 aromatic heterocycles. The Morgan fingerprint density at radius 2 is 1.90 bits per heavy atom. The summed E-state index contributed by atoms with van der Waals surface area (Å²) >= 11 is 2.30. The molecule has 1 aromatic carbocycles. The molecule has 7 heteroatoms. The minimum Gasteiger partial charge on any atom is -0.382 e. The van der Waals surface area contributed by atoms with Crippen LogP contribution in [0.5, 0.6) is 0 Å². The molecule has 0 bridgehead atoms. The van der Waals surface area contributed by atoms with Crippen LogP contribution in [0, 0.1) is 0 Å². The number of pyridine rings is 2. The van der Waals surface area contributed by atoms with Gasteiger partial charge in [0.1, 0.15) is 0 Å². The average molecular weight is 515 g/mol. The molecule has 0 unspecified atom stereocenters. The summed E-state index contributed by atoms with van der Waals surface area (Å²) < 4.78 is 2.11. The first-order chi connectivity index (χ1) is 14.2. The maximum atomic E-state index is 6.08. The molecule has 29 heavy (non-hydrogen) atoms. The van der Waals surface area contributed by atoms with Gasteiger partial charge >= 0.3 is 0 Å². The molecule has 1 aliphatic carbocycles. The molecule has 0 aliphatic heterocycles. The van der Waals surface area contributed by atoms with E-state index in [2.05, 4.69) is 77.0 Å². The Labute approximate surface area is 186 Å². The second-order valence-electron chi connectivity index (χ2n) is 7.66. The molecule has 4 aromatic rings. The maximum Gasteiger partial charge on any atom is 0.151 e. The van der Waals surface area contributed by atoms with Crippen LogP contribution in [0.3, 0.4) is 0 Å². The number of nitrogens with zero attached hydrogens (tertiary/aromatic N) is 3. The Balaban J connectivity index is 1.57. The monoisotopic (exact) mass is 515 g/mol. The van der Waals surface area contributed by atoms with Gasteiger partial charge in [-0.05, 0) is 61.6 Å². The second-order valence-corrected chi connectivity index (χ2v) is 9.37. The van der Waals surface area contributed by atoms with E-state index in [1.54, 1.807) is 9.12 Å². The van der Waals surface area contributed by atoms with Gasteiger partial charge in [-0.2, -0.15) is 0 Å². The number of benzene rings is 1. The van der Waals surface area contributed by atoms with Crippen molar-refractivity contribution in [2.24, 2.45) is 5.73 Å². The van der Waals surface area contributed by atoms with E-state index in [-0.39, 0.29) is 0 Å². The van der Waals surface area contributed by atoms with Crippen LogP contribution in [0.4, 0.5) is 5.69 Å². The Morgan fingerprint density at radius 1 is 1.03 bits per heavy atom. The molecule has 3 N–H and O–H groups in total. The Morgan fingerprint density at radius 3 is 2.72 bits per heavy atom. The van der Waals surface area contributed by atoms with Crippen LogP contribution in [0.25, 0.3) is 33.1 Å². The Kier molecular flexibility index (Phi) is 5.36. The number of anilines is 1. The Bertz CT molecular complexity index is 1170. The van der Waals surface area contributed by atoms with E-state index in [9.17, 15) is 0 Å². The van der Waals surface area contributed by atoms with Crippen LogP contribution < -0.4 is 11.1 Å². The van der Waals surface area contributed by atoms with Crippen molar-refractivity contribution in [2.75, 3.05) is 5.32 Å². The van der Waals surface area contributed by atoms with E-state index in [0.29, 0.717) is 12.1 Å². The van der Waals surface area contributed by atoms with Crippen molar-refractivity contribution in [3.05, 3.63) is 55.0 Å². The number of hydrogen-bond acceptors (Lipinski definition) is 5. The van der Waals surface area contributed by atoms with E-state index in [4.69, 9.17) is 5.73 Å². The van der Waals surface area contributed by atoms with Crippen LogP contribution in [0.2, 0.25) is 0 Å². The fourth-order valence-corrected chi connectivity index (χ4v) is 5.49. The summed E-state index contributed by atoms with van der Waals surface area (Å²) in [6.45, 7) is 0. The minimum atomic E-state index is 0.357.